The third-order valence-corrected chi connectivity index (χ3v) is 3.24. The normalized spacial score (nSPS) is 35.6. The lowest BCUT2D eigenvalue weighted by molar-refractivity contribution is -0.00615. The SMILES string of the molecule is OC1CN(CN[C@H]2CC[C@H](O)CC2)C1. The molecule has 0 aromatic heterocycles. The van der Waals surface area contributed by atoms with Crippen LogP contribution >= 0.6 is 0 Å². The summed E-state index contributed by atoms with van der Waals surface area (Å²) in [5.41, 5.74) is 0. The van der Waals surface area contributed by atoms with Crippen molar-refractivity contribution < 1.29 is 10.2 Å². The van der Waals surface area contributed by atoms with Crippen molar-refractivity contribution in [2.75, 3.05) is 19.8 Å². The van der Waals surface area contributed by atoms with Crippen LogP contribution in [0.3, 0.4) is 0 Å². The lowest BCUT2D eigenvalue weighted by Crippen LogP contribution is -2.55. The number of aliphatic hydroxyl groups excluding tert-OH is 2. The lowest BCUT2D eigenvalue weighted by Gasteiger charge is -2.37. The third kappa shape index (κ3) is 2.67. The molecule has 82 valence electrons. The Balaban J connectivity index is 1.57. The van der Waals surface area contributed by atoms with Crippen molar-refractivity contribution in [1.29, 1.82) is 0 Å². The van der Waals surface area contributed by atoms with Crippen LogP contribution in [0.2, 0.25) is 0 Å². The van der Waals surface area contributed by atoms with E-state index in [9.17, 15) is 5.11 Å². The van der Waals surface area contributed by atoms with Gasteiger partial charge < -0.3 is 15.5 Å². The highest BCUT2D eigenvalue weighted by Gasteiger charge is 2.25. The van der Waals surface area contributed by atoms with Crippen molar-refractivity contribution in [2.24, 2.45) is 0 Å². The van der Waals surface area contributed by atoms with Crippen LogP contribution in [0.1, 0.15) is 25.7 Å². The summed E-state index contributed by atoms with van der Waals surface area (Å²) in [6.45, 7) is 2.50. The molecule has 3 N–H and O–H groups in total. The fourth-order valence-electron chi connectivity index (χ4n) is 2.21. The Morgan fingerprint density at radius 2 is 1.64 bits per heavy atom. The summed E-state index contributed by atoms with van der Waals surface area (Å²) in [6.07, 6.45) is 3.85. The topological polar surface area (TPSA) is 55.7 Å². The smallest absolute Gasteiger partial charge is 0.0794 e. The van der Waals surface area contributed by atoms with Gasteiger partial charge in [-0.3, -0.25) is 4.90 Å². The van der Waals surface area contributed by atoms with Crippen LogP contribution in [0.25, 0.3) is 0 Å². The average Bonchev–Trinajstić information content (AvgIpc) is 2.13. The molecule has 4 heteroatoms. The number of β-amino-alcohol motifs (C(OH)–C–C–N with tert-alkyl or cyclic N) is 1. The lowest BCUT2D eigenvalue weighted by atomic mass is 9.93. The minimum absolute atomic E-state index is 0.0705. The number of likely N-dealkylation sites (tertiary alicyclic amines) is 1. The van der Waals surface area contributed by atoms with E-state index < -0.39 is 0 Å². The fraction of sp³-hybridized carbons (Fsp3) is 1.00. The maximum atomic E-state index is 9.33. The molecule has 0 radical (unpaired) electrons. The molecular formula is C10H20N2O2. The van der Waals surface area contributed by atoms with Gasteiger partial charge in [-0.1, -0.05) is 0 Å². The molecule has 0 unspecified atom stereocenters. The van der Waals surface area contributed by atoms with Crippen LogP contribution in [-0.4, -0.2) is 53.1 Å². The molecule has 4 nitrogen and oxygen atoms in total. The molecular weight excluding hydrogens is 180 g/mol. The van der Waals surface area contributed by atoms with E-state index in [0.29, 0.717) is 6.04 Å². The molecule has 1 aliphatic carbocycles. The molecule has 14 heavy (non-hydrogen) atoms. The minimum Gasteiger partial charge on any atom is -0.393 e. The number of hydrogen-bond acceptors (Lipinski definition) is 4. The van der Waals surface area contributed by atoms with Crippen LogP contribution in [0.4, 0.5) is 0 Å². The van der Waals surface area contributed by atoms with E-state index in [4.69, 9.17) is 5.11 Å². The standard InChI is InChI=1S/C10H20N2O2/c13-9-3-1-8(2-4-9)11-7-12-5-10(14)6-12/h8-11,13-14H,1-7H2/t8-,9-. The predicted octanol–water partition coefficient (Wildman–Crippen LogP) is -0.486. The van der Waals surface area contributed by atoms with E-state index in [1.54, 1.807) is 0 Å². The summed E-state index contributed by atoms with van der Waals surface area (Å²) in [4.78, 5) is 2.20. The summed E-state index contributed by atoms with van der Waals surface area (Å²) < 4.78 is 0. The van der Waals surface area contributed by atoms with Crippen molar-refractivity contribution >= 4 is 0 Å². The minimum atomic E-state index is -0.107. The molecule has 0 aromatic rings. The molecule has 1 saturated carbocycles. The first-order valence-corrected chi connectivity index (χ1v) is 5.56. The van der Waals surface area contributed by atoms with Gasteiger partial charge in [0.15, 0.2) is 0 Å². The van der Waals surface area contributed by atoms with Gasteiger partial charge in [0.1, 0.15) is 0 Å². The average molecular weight is 200 g/mol. The fourth-order valence-corrected chi connectivity index (χ4v) is 2.21. The molecule has 1 heterocycles. The van der Waals surface area contributed by atoms with Crippen molar-refractivity contribution in [3.05, 3.63) is 0 Å². The van der Waals surface area contributed by atoms with Gasteiger partial charge >= 0.3 is 0 Å². The first-order valence-electron chi connectivity index (χ1n) is 5.56. The Hall–Kier alpha value is -0.160. The summed E-state index contributed by atoms with van der Waals surface area (Å²) >= 11 is 0. The van der Waals surface area contributed by atoms with Crippen LogP contribution < -0.4 is 5.32 Å². The van der Waals surface area contributed by atoms with Gasteiger partial charge in [-0.05, 0) is 25.7 Å². The Morgan fingerprint density at radius 3 is 2.21 bits per heavy atom. The number of rotatable bonds is 3. The molecule has 0 aromatic carbocycles. The van der Waals surface area contributed by atoms with Crippen LogP contribution in [0, 0.1) is 0 Å². The van der Waals surface area contributed by atoms with Gasteiger partial charge in [0.2, 0.25) is 0 Å². The van der Waals surface area contributed by atoms with Crippen LogP contribution in [0.5, 0.6) is 0 Å². The van der Waals surface area contributed by atoms with Crippen molar-refractivity contribution in [3.8, 4) is 0 Å². The van der Waals surface area contributed by atoms with Crippen molar-refractivity contribution in [3.63, 3.8) is 0 Å². The highest BCUT2D eigenvalue weighted by molar-refractivity contribution is 4.81. The molecule has 0 amide bonds. The number of nitrogens with zero attached hydrogens (tertiary/aromatic N) is 1. The first kappa shape index (κ1) is 10.4. The second-order valence-corrected chi connectivity index (χ2v) is 4.56. The summed E-state index contributed by atoms with van der Waals surface area (Å²) in [5, 5.41) is 21.9. The van der Waals surface area contributed by atoms with Gasteiger partial charge in [-0.2, -0.15) is 0 Å². The van der Waals surface area contributed by atoms with E-state index in [-0.39, 0.29) is 12.2 Å². The molecule has 0 bridgehead atoms. The zero-order valence-electron chi connectivity index (χ0n) is 8.52. The highest BCUT2D eigenvalue weighted by atomic mass is 16.3. The van der Waals surface area contributed by atoms with Gasteiger partial charge in [0, 0.05) is 25.8 Å². The van der Waals surface area contributed by atoms with Gasteiger partial charge in [0.05, 0.1) is 12.2 Å². The summed E-state index contributed by atoms with van der Waals surface area (Å²) in [7, 11) is 0. The molecule has 1 aliphatic heterocycles. The number of hydrogen-bond donors (Lipinski definition) is 3. The van der Waals surface area contributed by atoms with Gasteiger partial charge in [0.25, 0.3) is 0 Å². The maximum absolute atomic E-state index is 9.33. The summed E-state index contributed by atoms with van der Waals surface area (Å²) in [5.74, 6) is 0. The van der Waals surface area contributed by atoms with E-state index in [0.717, 1.165) is 45.4 Å². The number of aliphatic hydroxyl groups is 2. The van der Waals surface area contributed by atoms with Gasteiger partial charge in [-0.15, -0.1) is 0 Å². The molecule has 1 saturated heterocycles. The predicted molar refractivity (Wildman–Crippen MR) is 53.8 cm³/mol. The van der Waals surface area contributed by atoms with Crippen LogP contribution in [-0.2, 0) is 0 Å². The summed E-state index contributed by atoms with van der Waals surface area (Å²) in [6, 6.07) is 0.566. The molecule has 0 spiro atoms. The Bertz CT molecular complexity index is 175. The second kappa shape index (κ2) is 4.57. The van der Waals surface area contributed by atoms with Crippen LogP contribution in [0.15, 0.2) is 0 Å². The van der Waals surface area contributed by atoms with E-state index in [1.165, 1.54) is 0 Å². The van der Waals surface area contributed by atoms with Gasteiger partial charge in [-0.25, -0.2) is 0 Å². The molecule has 0 atom stereocenters. The molecule has 2 aliphatic rings. The largest absolute Gasteiger partial charge is 0.393 e. The Morgan fingerprint density at radius 1 is 1.00 bits per heavy atom. The molecule has 2 rings (SSSR count). The zero-order chi connectivity index (χ0) is 9.97. The van der Waals surface area contributed by atoms with E-state index >= 15 is 0 Å². The quantitative estimate of drug-likeness (QED) is 0.575. The van der Waals surface area contributed by atoms with Crippen molar-refractivity contribution in [2.45, 2.75) is 43.9 Å². The zero-order valence-corrected chi connectivity index (χ0v) is 8.52. The first-order chi connectivity index (χ1) is 6.74. The molecule has 2 fully saturated rings. The highest BCUT2D eigenvalue weighted by Crippen LogP contribution is 2.18. The number of nitrogens with one attached hydrogen (secondary N) is 1. The van der Waals surface area contributed by atoms with Crippen molar-refractivity contribution in [1.82, 2.24) is 10.2 Å². The monoisotopic (exact) mass is 200 g/mol. The van der Waals surface area contributed by atoms with E-state index in [2.05, 4.69) is 10.2 Å². The maximum Gasteiger partial charge on any atom is 0.0794 e. The van der Waals surface area contributed by atoms with E-state index in [1.807, 2.05) is 0 Å². The Kier molecular flexibility index (Phi) is 3.38. The third-order valence-electron chi connectivity index (χ3n) is 3.24. The Labute approximate surface area is 84.9 Å². The second-order valence-electron chi connectivity index (χ2n) is 4.56.